The van der Waals surface area contributed by atoms with E-state index in [0.29, 0.717) is 20.8 Å². The molecular weight excluding hydrogens is 423 g/mol. The van der Waals surface area contributed by atoms with E-state index in [-0.39, 0.29) is 22.1 Å². The van der Waals surface area contributed by atoms with Gasteiger partial charge in [-0.1, -0.05) is 23.2 Å². The summed E-state index contributed by atoms with van der Waals surface area (Å²) in [7, 11) is 1.45. The third-order valence-corrected chi connectivity index (χ3v) is 4.47. The summed E-state index contributed by atoms with van der Waals surface area (Å²) >= 11 is 15.4. The molecule has 1 aromatic heterocycles. The monoisotopic (exact) mass is 432 g/mol. The van der Waals surface area contributed by atoms with E-state index in [1.165, 1.54) is 20.1 Å². The number of rotatable bonds is 4. The summed E-state index contributed by atoms with van der Waals surface area (Å²) in [4.78, 5) is 26.8. The van der Waals surface area contributed by atoms with Gasteiger partial charge in [-0.15, -0.1) is 0 Å². The number of aromatic nitrogens is 1. The van der Waals surface area contributed by atoms with Crippen LogP contribution in [0.5, 0.6) is 5.75 Å². The summed E-state index contributed by atoms with van der Waals surface area (Å²) in [6.45, 7) is 1.29. The molecule has 1 heterocycles. The zero-order valence-electron chi connectivity index (χ0n) is 12.5. The average molecular weight is 434 g/mol. The Balaban J connectivity index is 2.73. The zero-order chi connectivity index (χ0) is 18.0. The van der Waals surface area contributed by atoms with Gasteiger partial charge in [-0.2, -0.15) is 0 Å². The maximum atomic E-state index is 11.4. The highest BCUT2D eigenvalue weighted by molar-refractivity contribution is 9.10. The number of hydrogen-bond acceptors (Lipinski definition) is 4. The molecule has 0 atom stereocenters. The van der Waals surface area contributed by atoms with Crippen LogP contribution in [0, 0.1) is 0 Å². The highest BCUT2D eigenvalue weighted by Gasteiger charge is 2.20. The lowest BCUT2D eigenvalue weighted by atomic mass is 10.1. The van der Waals surface area contributed by atoms with Crippen molar-refractivity contribution in [3.05, 3.63) is 38.4 Å². The van der Waals surface area contributed by atoms with Crippen LogP contribution < -0.4 is 10.1 Å². The van der Waals surface area contributed by atoms with Crippen LogP contribution in [0.25, 0.3) is 11.3 Å². The molecule has 1 amide bonds. The van der Waals surface area contributed by atoms with Gasteiger partial charge in [0.15, 0.2) is 11.4 Å². The predicted octanol–water partition coefficient (Wildman–Crippen LogP) is 4.48. The fourth-order valence-corrected chi connectivity index (χ4v) is 3.29. The first-order chi connectivity index (χ1) is 11.3. The molecule has 126 valence electrons. The van der Waals surface area contributed by atoms with Crippen LogP contribution in [-0.2, 0) is 4.79 Å². The number of ether oxygens (including phenoxy) is 1. The number of carboxylic acid groups (broad SMARTS) is 1. The Morgan fingerprint density at radius 1 is 1.33 bits per heavy atom. The fourth-order valence-electron chi connectivity index (χ4n) is 2.01. The van der Waals surface area contributed by atoms with E-state index in [4.69, 9.17) is 27.9 Å². The number of pyridine rings is 1. The standard InChI is InChI=1S/C15H11BrCl2N2O4/c1-6(21)19-10-5-9(20-13(12(10)18)15(22)23)7-3-4-8(17)14(24-2)11(7)16/h3-5H,1-2H3,(H,22,23)(H,19,20,21). The first-order valence-electron chi connectivity index (χ1n) is 6.50. The highest BCUT2D eigenvalue weighted by Crippen LogP contribution is 2.41. The van der Waals surface area contributed by atoms with Gasteiger partial charge in [0.05, 0.1) is 33.0 Å². The van der Waals surface area contributed by atoms with Crippen LogP contribution in [0.3, 0.4) is 0 Å². The van der Waals surface area contributed by atoms with Gasteiger partial charge in [-0.25, -0.2) is 9.78 Å². The Morgan fingerprint density at radius 3 is 2.54 bits per heavy atom. The summed E-state index contributed by atoms with van der Waals surface area (Å²) in [6.07, 6.45) is 0. The molecule has 0 spiro atoms. The number of amides is 1. The van der Waals surface area contributed by atoms with Crippen molar-refractivity contribution in [2.45, 2.75) is 6.92 Å². The molecule has 2 rings (SSSR count). The van der Waals surface area contributed by atoms with Crippen LogP contribution in [0.4, 0.5) is 5.69 Å². The van der Waals surface area contributed by atoms with E-state index in [2.05, 4.69) is 26.2 Å². The van der Waals surface area contributed by atoms with Gasteiger partial charge in [0.2, 0.25) is 5.91 Å². The molecule has 2 aromatic rings. The minimum atomic E-state index is -1.31. The Bertz CT molecular complexity index is 843. The number of aromatic carboxylic acids is 1. The molecule has 6 nitrogen and oxygen atoms in total. The molecule has 9 heteroatoms. The number of carboxylic acids is 1. The van der Waals surface area contributed by atoms with Gasteiger partial charge >= 0.3 is 5.97 Å². The minimum Gasteiger partial charge on any atom is -0.494 e. The molecule has 0 aliphatic carbocycles. The van der Waals surface area contributed by atoms with Gasteiger partial charge in [0.25, 0.3) is 0 Å². The maximum Gasteiger partial charge on any atom is 0.356 e. The summed E-state index contributed by atoms with van der Waals surface area (Å²) in [5, 5.41) is 12.0. The lowest BCUT2D eigenvalue weighted by Gasteiger charge is -2.13. The number of nitrogens with zero attached hydrogens (tertiary/aromatic N) is 1. The van der Waals surface area contributed by atoms with Crippen molar-refractivity contribution in [3.63, 3.8) is 0 Å². The van der Waals surface area contributed by atoms with Crippen molar-refractivity contribution >= 4 is 56.7 Å². The van der Waals surface area contributed by atoms with E-state index < -0.39 is 11.9 Å². The molecule has 0 bridgehead atoms. The number of methoxy groups -OCH3 is 1. The lowest BCUT2D eigenvalue weighted by molar-refractivity contribution is -0.114. The predicted molar refractivity (Wildman–Crippen MR) is 95.2 cm³/mol. The van der Waals surface area contributed by atoms with Gasteiger partial charge in [0, 0.05) is 12.5 Å². The van der Waals surface area contributed by atoms with Gasteiger partial charge in [-0.05, 0) is 34.1 Å². The van der Waals surface area contributed by atoms with Crippen molar-refractivity contribution < 1.29 is 19.4 Å². The lowest BCUT2D eigenvalue weighted by Crippen LogP contribution is -2.10. The molecular formula is C15H11BrCl2N2O4. The Hall–Kier alpha value is -1.83. The number of nitrogens with one attached hydrogen (secondary N) is 1. The molecule has 24 heavy (non-hydrogen) atoms. The first-order valence-corrected chi connectivity index (χ1v) is 8.05. The van der Waals surface area contributed by atoms with Crippen molar-refractivity contribution in [3.8, 4) is 17.0 Å². The van der Waals surface area contributed by atoms with Crippen LogP contribution in [0.15, 0.2) is 22.7 Å². The van der Waals surface area contributed by atoms with Crippen LogP contribution in [-0.4, -0.2) is 29.1 Å². The second-order valence-electron chi connectivity index (χ2n) is 4.65. The SMILES string of the molecule is COc1c(Cl)ccc(-c2cc(NC(C)=O)c(Cl)c(C(=O)O)n2)c1Br. The summed E-state index contributed by atoms with van der Waals surface area (Å²) in [6, 6.07) is 4.72. The molecule has 0 aliphatic rings. The smallest absolute Gasteiger partial charge is 0.356 e. The third kappa shape index (κ3) is 3.63. The minimum absolute atomic E-state index is 0.146. The van der Waals surface area contributed by atoms with Crippen LogP contribution in [0.2, 0.25) is 10.0 Å². The van der Waals surface area contributed by atoms with Crippen molar-refractivity contribution in [2.75, 3.05) is 12.4 Å². The molecule has 2 N–H and O–H groups in total. The molecule has 0 aliphatic heterocycles. The molecule has 0 saturated carbocycles. The molecule has 0 saturated heterocycles. The van der Waals surface area contributed by atoms with E-state index in [1.54, 1.807) is 12.1 Å². The Kier molecular flexibility index (Phi) is 5.69. The van der Waals surface area contributed by atoms with Gasteiger partial charge in [0.1, 0.15) is 0 Å². The number of benzene rings is 1. The Labute approximate surface area is 155 Å². The number of halogens is 3. The first kappa shape index (κ1) is 18.5. The van der Waals surface area contributed by atoms with Gasteiger partial charge < -0.3 is 15.2 Å². The zero-order valence-corrected chi connectivity index (χ0v) is 15.6. The number of carbonyl (C=O) groups is 2. The topological polar surface area (TPSA) is 88.5 Å². The summed E-state index contributed by atoms with van der Waals surface area (Å²) in [5.74, 6) is -1.33. The molecule has 0 radical (unpaired) electrons. The Morgan fingerprint density at radius 2 is 2.00 bits per heavy atom. The van der Waals surface area contributed by atoms with Crippen LogP contribution in [0.1, 0.15) is 17.4 Å². The quantitative estimate of drug-likeness (QED) is 0.741. The van der Waals surface area contributed by atoms with E-state index >= 15 is 0 Å². The normalized spacial score (nSPS) is 10.4. The van der Waals surface area contributed by atoms with Gasteiger partial charge in [-0.3, -0.25) is 4.79 Å². The average Bonchev–Trinajstić information content (AvgIpc) is 2.49. The fraction of sp³-hybridized carbons (Fsp3) is 0.133. The summed E-state index contributed by atoms with van der Waals surface area (Å²) in [5.41, 5.74) is 0.579. The third-order valence-electron chi connectivity index (χ3n) is 3.00. The van der Waals surface area contributed by atoms with E-state index in [1.807, 2.05) is 0 Å². The number of carbonyl (C=O) groups excluding carboxylic acids is 1. The van der Waals surface area contributed by atoms with Crippen molar-refractivity contribution in [1.82, 2.24) is 4.98 Å². The summed E-state index contributed by atoms with van der Waals surface area (Å²) < 4.78 is 5.71. The number of hydrogen-bond donors (Lipinski definition) is 2. The molecule has 1 aromatic carbocycles. The second-order valence-corrected chi connectivity index (χ2v) is 6.22. The van der Waals surface area contributed by atoms with Crippen LogP contribution >= 0.6 is 39.1 Å². The van der Waals surface area contributed by atoms with Crippen molar-refractivity contribution in [1.29, 1.82) is 0 Å². The number of anilines is 1. The largest absolute Gasteiger partial charge is 0.494 e. The maximum absolute atomic E-state index is 11.4. The molecule has 0 unspecified atom stereocenters. The van der Waals surface area contributed by atoms with Crippen molar-refractivity contribution in [2.24, 2.45) is 0 Å². The molecule has 0 fully saturated rings. The van der Waals surface area contributed by atoms with E-state index in [9.17, 15) is 14.7 Å². The van der Waals surface area contributed by atoms with E-state index in [0.717, 1.165) is 0 Å². The highest BCUT2D eigenvalue weighted by atomic mass is 79.9. The second kappa shape index (κ2) is 7.38.